The first-order valence-corrected chi connectivity index (χ1v) is 10.1. The van der Waals surface area contributed by atoms with E-state index < -0.39 is 10.0 Å². The Labute approximate surface area is 163 Å². The van der Waals surface area contributed by atoms with Gasteiger partial charge in [0, 0.05) is 13.1 Å². The standard InChI is InChI=1S/C18H21FN4O2S2/c1-3-20-18(26)23-22-13(2)15-6-10-17(11-7-15)27(24,25)21-12-14-4-8-16(19)9-5-14/h4-11,21H,3,12H2,1-2H3,(H2,20,23,26)/b22-13-. The molecule has 6 nitrogen and oxygen atoms in total. The Bertz CT molecular complexity index is 911. The van der Waals surface area contributed by atoms with E-state index in [0.29, 0.717) is 22.9 Å². The zero-order valence-corrected chi connectivity index (χ0v) is 16.6. The van der Waals surface area contributed by atoms with Crippen LogP contribution in [0.25, 0.3) is 0 Å². The zero-order chi connectivity index (χ0) is 19.9. The molecule has 0 unspecified atom stereocenters. The maximum Gasteiger partial charge on any atom is 0.240 e. The van der Waals surface area contributed by atoms with Crippen LogP contribution in [0.3, 0.4) is 0 Å². The number of nitrogens with one attached hydrogen (secondary N) is 3. The van der Waals surface area contributed by atoms with Crippen molar-refractivity contribution in [3.63, 3.8) is 0 Å². The summed E-state index contributed by atoms with van der Waals surface area (Å²) in [5.41, 5.74) is 4.82. The van der Waals surface area contributed by atoms with Gasteiger partial charge in [0.25, 0.3) is 0 Å². The molecule has 0 fully saturated rings. The summed E-state index contributed by atoms with van der Waals surface area (Å²) in [5.74, 6) is -0.366. The molecule has 0 aliphatic rings. The van der Waals surface area contributed by atoms with E-state index in [1.165, 1.54) is 36.4 Å². The molecular formula is C18H21FN4O2S2. The highest BCUT2D eigenvalue weighted by molar-refractivity contribution is 7.89. The third kappa shape index (κ3) is 6.38. The third-order valence-electron chi connectivity index (χ3n) is 3.62. The molecule has 0 saturated carbocycles. The monoisotopic (exact) mass is 408 g/mol. The first-order valence-electron chi connectivity index (χ1n) is 8.24. The Morgan fingerprint density at radius 1 is 1.11 bits per heavy atom. The number of hydrogen-bond donors (Lipinski definition) is 3. The van der Waals surface area contributed by atoms with E-state index in [2.05, 4.69) is 20.6 Å². The van der Waals surface area contributed by atoms with Crippen LogP contribution < -0.4 is 15.5 Å². The molecule has 0 atom stereocenters. The number of thiocarbonyl (C=S) groups is 1. The fourth-order valence-corrected chi connectivity index (χ4v) is 3.35. The summed E-state index contributed by atoms with van der Waals surface area (Å²) < 4.78 is 40.2. The second-order valence-electron chi connectivity index (χ2n) is 5.64. The molecule has 0 radical (unpaired) electrons. The average Bonchev–Trinajstić information content (AvgIpc) is 2.66. The fraction of sp³-hybridized carbons (Fsp3) is 0.222. The van der Waals surface area contributed by atoms with Gasteiger partial charge >= 0.3 is 0 Å². The summed E-state index contributed by atoms with van der Waals surface area (Å²) in [6.45, 7) is 4.49. The largest absolute Gasteiger partial charge is 0.362 e. The van der Waals surface area contributed by atoms with Crippen molar-refractivity contribution in [1.29, 1.82) is 0 Å². The van der Waals surface area contributed by atoms with Crippen molar-refractivity contribution < 1.29 is 12.8 Å². The number of benzene rings is 2. The minimum Gasteiger partial charge on any atom is -0.362 e. The lowest BCUT2D eigenvalue weighted by atomic mass is 10.1. The summed E-state index contributed by atoms with van der Waals surface area (Å²) in [6, 6.07) is 12.0. The molecule has 0 aromatic heterocycles. The number of hydrogen-bond acceptors (Lipinski definition) is 4. The van der Waals surface area contributed by atoms with Crippen molar-refractivity contribution >= 4 is 33.1 Å². The number of sulfonamides is 1. The van der Waals surface area contributed by atoms with E-state index in [-0.39, 0.29) is 17.3 Å². The summed E-state index contributed by atoms with van der Waals surface area (Å²) in [4.78, 5) is 0.136. The van der Waals surface area contributed by atoms with Gasteiger partial charge in [-0.1, -0.05) is 24.3 Å². The molecule has 0 amide bonds. The van der Waals surface area contributed by atoms with Gasteiger partial charge in [-0.25, -0.2) is 17.5 Å². The van der Waals surface area contributed by atoms with Gasteiger partial charge in [-0.05, 0) is 61.5 Å². The third-order valence-corrected chi connectivity index (χ3v) is 5.28. The van der Waals surface area contributed by atoms with Gasteiger partial charge in [0.15, 0.2) is 5.11 Å². The predicted molar refractivity (Wildman–Crippen MR) is 108 cm³/mol. The van der Waals surface area contributed by atoms with E-state index in [0.717, 1.165) is 5.56 Å². The van der Waals surface area contributed by atoms with Crippen LogP contribution in [0, 0.1) is 5.82 Å². The van der Waals surface area contributed by atoms with E-state index in [1.807, 2.05) is 6.92 Å². The van der Waals surface area contributed by atoms with Crippen molar-refractivity contribution in [2.45, 2.75) is 25.3 Å². The molecule has 3 N–H and O–H groups in total. The predicted octanol–water partition coefficient (Wildman–Crippen LogP) is 2.51. The SMILES string of the molecule is CCNC(=S)N/N=C(/C)c1ccc(S(=O)(=O)NCc2ccc(F)cc2)cc1. The molecule has 0 saturated heterocycles. The highest BCUT2D eigenvalue weighted by atomic mass is 32.2. The molecule has 9 heteroatoms. The van der Waals surface area contributed by atoms with E-state index in [9.17, 15) is 12.8 Å². The number of halogens is 1. The van der Waals surface area contributed by atoms with E-state index in [1.54, 1.807) is 19.1 Å². The molecule has 0 spiro atoms. The number of hydrazone groups is 1. The molecule has 0 bridgehead atoms. The van der Waals surface area contributed by atoms with Gasteiger partial charge in [-0.15, -0.1) is 0 Å². The summed E-state index contributed by atoms with van der Waals surface area (Å²) in [7, 11) is -3.67. The molecule has 144 valence electrons. The lowest BCUT2D eigenvalue weighted by molar-refractivity contribution is 0.581. The molecule has 27 heavy (non-hydrogen) atoms. The van der Waals surface area contributed by atoms with Crippen molar-refractivity contribution in [2.24, 2.45) is 5.10 Å². The van der Waals surface area contributed by atoms with Gasteiger partial charge in [0.1, 0.15) is 5.82 Å². The Hall–Kier alpha value is -2.36. The van der Waals surface area contributed by atoms with Crippen LogP contribution in [0.2, 0.25) is 0 Å². The van der Waals surface area contributed by atoms with Gasteiger partial charge in [0.05, 0.1) is 10.6 Å². The van der Waals surface area contributed by atoms with E-state index >= 15 is 0 Å². The van der Waals surface area contributed by atoms with Gasteiger partial charge < -0.3 is 5.32 Å². The molecule has 0 aliphatic heterocycles. The second-order valence-corrected chi connectivity index (χ2v) is 7.82. The maximum atomic E-state index is 12.9. The first-order chi connectivity index (χ1) is 12.8. The van der Waals surface area contributed by atoms with Crippen molar-refractivity contribution in [2.75, 3.05) is 6.54 Å². The van der Waals surface area contributed by atoms with Crippen molar-refractivity contribution in [3.8, 4) is 0 Å². The summed E-state index contributed by atoms with van der Waals surface area (Å²) >= 11 is 5.03. The zero-order valence-electron chi connectivity index (χ0n) is 15.0. The molecule has 2 aromatic carbocycles. The minimum atomic E-state index is -3.67. The van der Waals surface area contributed by atoms with Crippen LogP contribution in [0.1, 0.15) is 25.0 Å². The van der Waals surface area contributed by atoms with Gasteiger partial charge in [-0.3, -0.25) is 5.43 Å². The first kappa shape index (κ1) is 20.9. The van der Waals surface area contributed by atoms with Gasteiger partial charge in [0.2, 0.25) is 10.0 Å². The molecule has 0 heterocycles. The lowest BCUT2D eigenvalue weighted by Crippen LogP contribution is -2.32. The highest BCUT2D eigenvalue weighted by Gasteiger charge is 2.14. The van der Waals surface area contributed by atoms with Crippen LogP contribution in [0.4, 0.5) is 4.39 Å². The fourth-order valence-electron chi connectivity index (χ4n) is 2.14. The normalized spacial score (nSPS) is 11.9. The summed E-state index contributed by atoms with van der Waals surface area (Å²) in [6.07, 6.45) is 0. The molecule has 2 rings (SSSR count). The highest BCUT2D eigenvalue weighted by Crippen LogP contribution is 2.12. The Morgan fingerprint density at radius 2 is 1.74 bits per heavy atom. The van der Waals surface area contributed by atoms with Crippen LogP contribution in [-0.2, 0) is 16.6 Å². The van der Waals surface area contributed by atoms with Crippen LogP contribution in [0.15, 0.2) is 58.5 Å². The smallest absolute Gasteiger partial charge is 0.240 e. The second kappa shape index (κ2) is 9.54. The average molecular weight is 409 g/mol. The van der Waals surface area contributed by atoms with Crippen LogP contribution in [-0.4, -0.2) is 25.8 Å². The van der Waals surface area contributed by atoms with Crippen molar-refractivity contribution in [3.05, 3.63) is 65.5 Å². The summed E-state index contributed by atoms with van der Waals surface area (Å²) in [5, 5.41) is 7.49. The van der Waals surface area contributed by atoms with E-state index in [4.69, 9.17) is 12.2 Å². The number of rotatable bonds is 7. The molecule has 2 aromatic rings. The van der Waals surface area contributed by atoms with Crippen molar-refractivity contribution in [1.82, 2.24) is 15.5 Å². The van der Waals surface area contributed by atoms with Gasteiger partial charge in [-0.2, -0.15) is 5.10 Å². The Balaban J connectivity index is 2.03. The Morgan fingerprint density at radius 3 is 2.33 bits per heavy atom. The quantitative estimate of drug-likeness (QED) is 0.373. The van der Waals surface area contributed by atoms with Crippen LogP contribution in [0.5, 0.6) is 0 Å². The molecular weight excluding hydrogens is 387 g/mol. The number of nitrogens with zero attached hydrogens (tertiary/aromatic N) is 1. The molecule has 0 aliphatic carbocycles. The Kier molecular flexibility index (Phi) is 7.40. The topological polar surface area (TPSA) is 82.6 Å². The van der Waals surface area contributed by atoms with Crippen LogP contribution >= 0.6 is 12.2 Å². The minimum absolute atomic E-state index is 0.0800. The lowest BCUT2D eigenvalue weighted by Gasteiger charge is -2.09. The maximum absolute atomic E-state index is 12.9.